The summed E-state index contributed by atoms with van der Waals surface area (Å²) in [7, 11) is 3.99. The monoisotopic (exact) mass is 285 g/mol. The average molecular weight is 285 g/mol. The number of nitrogens with one attached hydrogen (secondary N) is 1. The molecule has 0 amide bonds. The number of benzene rings is 1. The van der Waals surface area contributed by atoms with Crippen LogP contribution >= 0.6 is 11.3 Å². The second kappa shape index (κ2) is 5.38. The Morgan fingerprint density at radius 1 is 1.35 bits per heavy atom. The van der Waals surface area contributed by atoms with Crippen LogP contribution < -0.4 is 5.32 Å². The SMILES string of the molecule is CNC(Cc1csc2ccccc12)c1cn(C)nc1C. The zero-order chi connectivity index (χ0) is 14.1. The minimum Gasteiger partial charge on any atom is -0.313 e. The fraction of sp³-hybridized carbons (Fsp3) is 0.312. The molecule has 3 aromatic rings. The fourth-order valence-electron chi connectivity index (χ4n) is 2.74. The van der Waals surface area contributed by atoms with E-state index in [4.69, 9.17) is 0 Å². The van der Waals surface area contributed by atoms with Crippen LogP contribution in [0.3, 0.4) is 0 Å². The van der Waals surface area contributed by atoms with Gasteiger partial charge in [-0.3, -0.25) is 4.68 Å². The molecule has 3 nitrogen and oxygen atoms in total. The molecule has 0 radical (unpaired) electrons. The molecule has 2 aromatic heterocycles. The lowest BCUT2D eigenvalue weighted by Gasteiger charge is -2.15. The van der Waals surface area contributed by atoms with Crippen LogP contribution in [-0.2, 0) is 13.5 Å². The van der Waals surface area contributed by atoms with E-state index in [0.717, 1.165) is 12.1 Å². The van der Waals surface area contributed by atoms with Gasteiger partial charge in [-0.2, -0.15) is 5.10 Å². The van der Waals surface area contributed by atoms with Gasteiger partial charge in [-0.15, -0.1) is 11.3 Å². The smallest absolute Gasteiger partial charge is 0.0641 e. The Kier molecular flexibility index (Phi) is 3.59. The second-order valence-electron chi connectivity index (χ2n) is 5.15. The van der Waals surface area contributed by atoms with Gasteiger partial charge in [0.25, 0.3) is 0 Å². The van der Waals surface area contributed by atoms with Gasteiger partial charge in [-0.05, 0) is 42.8 Å². The van der Waals surface area contributed by atoms with Gasteiger partial charge in [0.2, 0.25) is 0 Å². The Hall–Kier alpha value is -1.65. The Bertz CT molecular complexity index is 726. The van der Waals surface area contributed by atoms with Gasteiger partial charge in [0.1, 0.15) is 0 Å². The lowest BCUT2D eigenvalue weighted by Crippen LogP contribution is -2.19. The number of aromatic nitrogens is 2. The number of likely N-dealkylation sites (N-methyl/N-ethyl adjacent to an activating group) is 1. The lowest BCUT2D eigenvalue weighted by molar-refractivity contribution is 0.591. The van der Waals surface area contributed by atoms with Crippen molar-refractivity contribution in [2.24, 2.45) is 7.05 Å². The second-order valence-corrected chi connectivity index (χ2v) is 6.06. The molecule has 0 fully saturated rings. The Labute approximate surface area is 123 Å². The summed E-state index contributed by atoms with van der Waals surface area (Å²) in [5, 5.41) is 11.5. The topological polar surface area (TPSA) is 29.9 Å². The fourth-order valence-corrected chi connectivity index (χ4v) is 3.71. The third-order valence-electron chi connectivity index (χ3n) is 3.76. The molecule has 0 bridgehead atoms. The predicted molar refractivity (Wildman–Crippen MR) is 85.3 cm³/mol. The van der Waals surface area contributed by atoms with Gasteiger partial charge in [0.15, 0.2) is 0 Å². The zero-order valence-electron chi connectivity index (χ0n) is 12.1. The number of hydrogen-bond donors (Lipinski definition) is 1. The number of thiophene rings is 1. The van der Waals surface area contributed by atoms with Gasteiger partial charge in [0.05, 0.1) is 5.69 Å². The van der Waals surface area contributed by atoms with Crippen LogP contribution in [0.4, 0.5) is 0 Å². The molecule has 1 atom stereocenters. The maximum Gasteiger partial charge on any atom is 0.0641 e. The summed E-state index contributed by atoms with van der Waals surface area (Å²) in [6, 6.07) is 8.92. The number of hydrogen-bond acceptors (Lipinski definition) is 3. The van der Waals surface area contributed by atoms with E-state index >= 15 is 0 Å². The molecule has 0 aliphatic heterocycles. The van der Waals surface area contributed by atoms with Crippen LogP contribution in [-0.4, -0.2) is 16.8 Å². The molecule has 0 saturated heterocycles. The van der Waals surface area contributed by atoms with Crippen LogP contribution in [0.2, 0.25) is 0 Å². The minimum atomic E-state index is 0.307. The van der Waals surface area contributed by atoms with E-state index in [2.05, 4.69) is 53.2 Å². The normalized spacial score (nSPS) is 12.9. The van der Waals surface area contributed by atoms with Crippen LogP contribution in [0.15, 0.2) is 35.8 Å². The average Bonchev–Trinajstić information content (AvgIpc) is 3.00. The van der Waals surface area contributed by atoms with Crippen molar-refractivity contribution in [2.75, 3.05) is 7.05 Å². The Morgan fingerprint density at radius 2 is 2.15 bits per heavy atom. The molecule has 0 spiro atoms. The van der Waals surface area contributed by atoms with E-state index in [1.54, 1.807) is 0 Å². The van der Waals surface area contributed by atoms with Gasteiger partial charge in [-0.1, -0.05) is 18.2 Å². The van der Waals surface area contributed by atoms with Gasteiger partial charge >= 0.3 is 0 Å². The quantitative estimate of drug-likeness (QED) is 0.795. The van der Waals surface area contributed by atoms with Gasteiger partial charge < -0.3 is 5.32 Å². The molecule has 1 N–H and O–H groups in total. The molecule has 3 rings (SSSR count). The zero-order valence-corrected chi connectivity index (χ0v) is 12.9. The summed E-state index contributed by atoms with van der Waals surface area (Å²) in [5.74, 6) is 0. The summed E-state index contributed by atoms with van der Waals surface area (Å²) in [4.78, 5) is 0. The van der Waals surface area contributed by atoms with Crippen molar-refractivity contribution in [2.45, 2.75) is 19.4 Å². The molecule has 2 heterocycles. The molecule has 0 aliphatic rings. The van der Waals surface area contributed by atoms with Crippen molar-refractivity contribution in [3.05, 3.63) is 52.7 Å². The molecule has 1 unspecified atom stereocenters. The number of aryl methyl sites for hydroxylation is 2. The highest BCUT2D eigenvalue weighted by Crippen LogP contribution is 2.30. The Morgan fingerprint density at radius 3 is 2.85 bits per heavy atom. The molecule has 0 aliphatic carbocycles. The van der Waals surface area contributed by atoms with Crippen molar-refractivity contribution in [3.63, 3.8) is 0 Å². The van der Waals surface area contributed by atoms with Crippen molar-refractivity contribution >= 4 is 21.4 Å². The van der Waals surface area contributed by atoms with Crippen molar-refractivity contribution in [3.8, 4) is 0 Å². The number of rotatable bonds is 4. The summed E-state index contributed by atoms with van der Waals surface area (Å²) in [6.45, 7) is 2.07. The Balaban J connectivity index is 1.94. The molecule has 1 aromatic carbocycles. The van der Waals surface area contributed by atoms with E-state index in [-0.39, 0.29) is 0 Å². The molecule has 0 saturated carbocycles. The van der Waals surface area contributed by atoms with Gasteiger partial charge in [-0.25, -0.2) is 0 Å². The van der Waals surface area contributed by atoms with E-state index in [1.807, 2.05) is 30.1 Å². The number of nitrogens with zero attached hydrogens (tertiary/aromatic N) is 2. The summed E-state index contributed by atoms with van der Waals surface area (Å²) < 4.78 is 3.25. The van der Waals surface area contributed by atoms with Crippen LogP contribution in [0.25, 0.3) is 10.1 Å². The maximum atomic E-state index is 4.45. The van der Waals surface area contributed by atoms with E-state index < -0.39 is 0 Å². The number of fused-ring (bicyclic) bond motifs is 1. The van der Waals surface area contributed by atoms with E-state index in [1.165, 1.54) is 21.2 Å². The van der Waals surface area contributed by atoms with Crippen molar-refractivity contribution < 1.29 is 0 Å². The first-order chi connectivity index (χ1) is 9.69. The lowest BCUT2D eigenvalue weighted by atomic mass is 9.99. The molecule has 20 heavy (non-hydrogen) atoms. The van der Waals surface area contributed by atoms with Crippen LogP contribution in [0.5, 0.6) is 0 Å². The highest BCUT2D eigenvalue weighted by atomic mass is 32.1. The molecular weight excluding hydrogens is 266 g/mol. The first-order valence-electron chi connectivity index (χ1n) is 6.81. The van der Waals surface area contributed by atoms with Crippen LogP contribution in [0.1, 0.15) is 22.9 Å². The van der Waals surface area contributed by atoms with Crippen molar-refractivity contribution in [1.29, 1.82) is 0 Å². The molecule has 4 heteroatoms. The van der Waals surface area contributed by atoms with Gasteiger partial charge in [0, 0.05) is 29.5 Å². The standard InChI is InChI=1S/C16H19N3S/c1-11-14(9-19(3)18-11)15(17-2)8-12-10-20-16-7-5-4-6-13(12)16/h4-7,9-10,15,17H,8H2,1-3H3. The van der Waals surface area contributed by atoms with Crippen molar-refractivity contribution in [1.82, 2.24) is 15.1 Å². The van der Waals surface area contributed by atoms with E-state index in [0.29, 0.717) is 6.04 Å². The third-order valence-corrected chi connectivity index (χ3v) is 4.77. The summed E-state index contributed by atoms with van der Waals surface area (Å²) in [5.41, 5.74) is 3.80. The van der Waals surface area contributed by atoms with E-state index in [9.17, 15) is 0 Å². The predicted octanol–water partition coefficient (Wildman–Crippen LogP) is 3.45. The largest absolute Gasteiger partial charge is 0.313 e. The first kappa shape index (κ1) is 13.3. The van der Waals surface area contributed by atoms with Crippen LogP contribution in [0, 0.1) is 6.92 Å². The highest BCUT2D eigenvalue weighted by molar-refractivity contribution is 7.17. The minimum absolute atomic E-state index is 0.307. The highest BCUT2D eigenvalue weighted by Gasteiger charge is 2.17. The first-order valence-corrected chi connectivity index (χ1v) is 7.69. The summed E-state index contributed by atoms with van der Waals surface area (Å²) >= 11 is 1.82. The molecular formula is C16H19N3S. The summed E-state index contributed by atoms with van der Waals surface area (Å²) in [6.07, 6.45) is 3.11. The maximum absolute atomic E-state index is 4.45. The third kappa shape index (κ3) is 2.37. The molecule has 104 valence electrons.